The molecule has 0 aliphatic carbocycles. The highest BCUT2D eigenvalue weighted by molar-refractivity contribution is 7.92. The summed E-state index contributed by atoms with van der Waals surface area (Å²) in [6, 6.07) is 28.8. The fraction of sp³-hybridized carbons (Fsp3) is 0.294. The van der Waals surface area contributed by atoms with E-state index in [1.165, 1.54) is 0 Å². The number of benzene rings is 5. The highest BCUT2D eigenvalue weighted by Crippen LogP contribution is 2.48. The molecule has 0 fully saturated rings. The minimum absolute atomic E-state index is 0.102. The number of hydrogen-bond acceptors (Lipinski definition) is 16. The van der Waals surface area contributed by atoms with Crippen LogP contribution in [-0.4, -0.2) is 85.3 Å². The quantitative estimate of drug-likeness (QED) is 0.0322. The van der Waals surface area contributed by atoms with E-state index in [4.69, 9.17) is 43.3 Å². The molecule has 74 heavy (non-hydrogen) atoms. The number of sulfonamides is 1. The third-order valence-corrected chi connectivity index (χ3v) is 16.0. The van der Waals surface area contributed by atoms with Gasteiger partial charge < -0.3 is 48.3 Å². The molecule has 0 saturated heterocycles. The SMILES string of the molecule is COc1ccc(COC(=O)NCCCN(CCCNC(=O)OCc2ccc(OC)cc2)CCCOc2ccc3sc(S(=O)(=O)NCP(=O)(Oc4ccc(C#N)c(F)c4)Oc4ccc(C#N)c(F)c4)c(C)c3c2)cc1. The van der Waals surface area contributed by atoms with Gasteiger partial charge in [-0.15, -0.1) is 11.3 Å². The molecule has 0 spiro atoms. The Hall–Kier alpha value is -7.46. The normalized spacial score (nSPS) is 11.3. The average Bonchev–Trinajstić information content (AvgIpc) is 3.74. The summed E-state index contributed by atoms with van der Waals surface area (Å²) in [5.74, 6) is -0.854. The summed E-state index contributed by atoms with van der Waals surface area (Å²) < 4.78 is 112. The molecule has 6 aromatic rings. The molecule has 1 aromatic heterocycles. The second-order valence-corrected chi connectivity index (χ2v) is 21.1. The number of alkyl carbamates (subject to hydrolysis) is 2. The zero-order valence-corrected chi connectivity index (χ0v) is 43.1. The number of nitrogens with zero attached hydrogens (tertiary/aromatic N) is 3. The molecule has 6 rings (SSSR count). The standard InChI is InChI=1S/C51H53F2N6O12PS2/c1-35-45-27-42(19-20-48(45)73-49(35)74(63,64)58-34-72(62,70-43-17-11-38(30-54)46(52)28-43)71-44-18-12-39(31-55)47(53)29-44)67-26-6-25-59(23-4-21-56-50(60)68-32-36-7-13-40(65-2)14-8-36)24-5-22-57-51(61)69-33-37-9-15-41(66-3)16-10-37/h7-20,27-29,58H,4-6,21-26,32-34H2,1-3H3,(H,56,60)(H,57,61). The van der Waals surface area contributed by atoms with Gasteiger partial charge in [0, 0.05) is 41.9 Å². The molecule has 0 unspecified atom stereocenters. The minimum atomic E-state index is -4.66. The summed E-state index contributed by atoms with van der Waals surface area (Å²) in [5.41, 5.74) is 1.33. The summed E-state index contributed by atoms with van der Waals surface area (Å²) >= 11 is 0.949. The van der Waals surface area contributed by atoms with Gasteiger partial charge in [-0.1, -0.05) is 24.3 Å². The number of halogens is 2. The number of rotatable bonds is 27. The molecule has 0 radical (unpaired) electrons. The first-order valence-corrected chi connectivity index (χ1v) is 27.0. The van der Waals surface area contributed by atoms with Crippen molar-refractivity contribution in [3.8, 4) is 40.9 Å². The molecule has 2 amide bonds. The van der Waals surface area contributed by atoms with Gasteiger partial charge in [0.15, 0.2) is 0 Å². The number of nitrogens with one attached hydrogen (secondary N) is 3. The van der Waals surface area contributed by atoms with E-state index in [1.54, 1.807) is 75.7 Å². The highest BCUT2D eigenvalue weighted by atomic mass is 32.2. The molecule has 390 valence electrons. The third-order valence-electron chi connectivity index (χ3n) is 11.0. The van der Waals surface area contributed by atoms with Gasteiger partial charge in [-0.25, -0.2) is 31.4 Å². The molecule has 23 heteroatoms. The topological polar surface area (TPSA) is 237 Å². The number of thiophene rings is 1. The van der Waals surface area contributed by atoms with E-state index in [2.05, 4.69) is 20.3 Å². The predicted octanol–water partition coefficient (Wildman–Crippen LogP) is 9.54. The van der Waals surface area contributed by atoms with Crippen molar-refractivity contribution in [3.05, 3.63) is 143 Å². The Balaban J connectivity index is 1.04. The number of amides is 2. The Morgan fingerprint density at radius 3 is 1.62 bits per heavy atom. The lowest BCUT2D eigenvalue weighted by molar-refractivity contribution is 0.139. The highest BCUT2D eigenvalue weighted by Gasteiger charge is 2.33. The van der Waals surface area contributed by atoms with Gasteiger partial charge in [-0.3, -0.25) is 0 Å². The lowest BCUT2D eigenvalue weighted by atomic mass is 10.2. The zero-order valence-electron chi connectivity index (χ0n) is 40.6. The van der Waals surface area contributed by atoms with E-state index in [-0.39, 0.29) is 40.0 Å². The number of aryl methyl sites for hydroxylation is 1. The Bertz CT molecular complexity index is 2990. The first-order valence-electron chi connectivity index (χ1n) is 22.9. The van der Waals surface area contributed by atoms with E-state index >= 15 is 0 Å². The van der Waals surface area contributed by atoms with Crippen molar-refractivity contribution in [2.75, 3.05) is 59.8 Å². The van der Waals surface area contributed by atoms with Gasteiger partial charge in [0.1, 0.15) is 76.2 Å². The van der Waals surface area contributed by atoms with Crippen molar-refractivity contribution in [1.29, 1.82) is 10.5 Å². The van der Waals surface area contributed by atoms with Gasteiger partial charge in [0.2, 0.25) is 0 Å². The molecule has 1 heterocycles. The Morgan fingerprint density at radius 2 is 1.15 bits per heavy atom. The van der Waals surface area contributed by atoms with Crippen LogP contribution in [0.2, 0.25) is 0 Å². The molecule has 0 atom stereocenters. The van der Waals surface area contributed by atoms with Crippen molar-refractivity contribution in [3.63, 3.8) is 0 Å². The van der Waals surface area contributed by atoms with Crippen LogP contribution in [0.1, 0.15) is 47.1 Å². The van der Waals surface area contributed by atoms with Crippen LogP contribution < -0.4 is 38.6 Å². The summed E-state index contributed by atoms with van der Waals surface area (Å²) in [6.07, 6.45) is -0.270. The van der Waals surface area contributed by atoms with E-state index in [0.29, 0.717) is 91.5 Å². The second kappa shape index (κ2) is 27.0. The maximum atomic E-state index is 14.5. The summed E-state index contributed by atoms with van der Waals surface area (Å²) in [4.78, 5) is 27.0. The number of nitriles is 2. The zero-order chi connectivity index (χ0) is 53.1. The molecule has 0 aliphatic rings. The van der Waals surface area contributed by atoms with E-state index in [1.807, 2.05) is 24.3 Å². The van der Waals surface area contributed by atoms with Crippen LogP contribution in [0.4, 0.5) is 18.4 Å². The van der Waals surface area contributed by atoms with Gasteiger partial charge in [0.25, 0.3) is 10.0 Å². The summed E-state index contributed by atoms with van der Waals surface area (Å²) in [6.45, 7) is 4.65. The molecule has 0 bridgehead atoms. The van der Waals surface area contributed by atoms with E-state index < -0.39 is 47.7 Å². The van der Waals surface area contributed by atoms with E-state index in [9.17, 15) is 31.4 Å². The maximum Gasteiger partial charge on any atom is 0.445 e. The van der Waals surface area contributed by atoms with Crippen molar-refractivity contribution in [2.24, 2.45) is 0 Å². The number of hydrogen-bond donors (Lipinski definition) is 3. The summed E-state index contributed by atoms with van der Waals surface area (Å²) in [5, 5.41) is 24.4. The van der Waals surface area contributed by atoms with Crippen molar-refractivity contribution < 1.29 is 64.1 Å². The smallest absolute Gasteiger partial charge is 0.445 e. The van der Waals surface area contributed by atoms with Crippen LogP contribution in [-0.2, 0) is 37.3 Å². The number of fused-ring (bicyclic) bond motifs is 1. The van der Waals surface area contributed by atoms with Crippen LogP contribution >= 0.6 is 18.9 Å². The Kier molecular flexibility index (Phi) is 20.4. The minimum Gasteiger partial charge on any atom is -0.497 e. The van der Waals surface area contributed by atoms with Crippen LogP contribution in [0.25, 0.3) is 10.1 Å². The van der Waals surface area contributed by atoms with Gasteiger partial charge in [-0.05, 0) is 123 Å². The van der Waals surface area contributed by atoms with Crippen LogP contribution in [0.15, 0.2) is 107 Å². The fourth-order valence-corrected chi connectivity index (χ4v) is 11.9. The molecular weight excluding hydrogens is 1020 g/mol. The van der Waals surface area contributed by atoms with Gasteiger partial charge in [0.05, 0.1) is 32.0 Å². The van der Waals surface area contributed by atoms with Crippen molar-refractivity contribution >= 4 is 51.2 Å². The monoisotopic (exact) mass is 1070 g/mol. The molecule has 3 N–H and O–H groups in total. The van der Waals surface area contributed by atoms with E-state index in [0.717, 1.165) is 58.9 Å². The molecule has 0 aliphatic heterocycles. The first-order chi connectivity index (χ1) is 35.6. The average molecular weight is 1080 g/mol. The van der Waals surface area contributed by atoms with Crippen molar-refractivity contribution in [1.82, 2.24) is 20.3 Å². The Labute approximate surface area is 431 Å². The predicted molar refractivity (Wildman–Crippen MR) is 271 cm³/mol. The number of methoxy groups -OCH3 is 2. The lowest BCUT2D eigenvalue weighted by Crippen LogP contribution is -2.34. The van der Waals surface area contributed by atoms with Crippen LogP contribution in [0.5, 0.6) is 28.7 Å². The van der Waals surface area contributed by atoms with Crippen LogP contribution in [0.3, 0.4) is 0 Å². The summed E-state index contributed by atoms with van der Waals surface area (Å²) in [7, 11) is -5.94. The van der Waals surface area contributed by atoms with Crippen molar-refractivity contribution in [2.45, 2.75) is 43.6 Å². The van der Waals surface area contributed by atoms with Crippen LogP contribution in [0, 0.1) is 41.2 Å². The largest absolute Gasteiger partial charge is 0.497 e. The molecule has 18 nitrogen and oxygen atoms in total. The second-order valence-electron chi connectivity index (χ2n) is 16.2. The number of carbonyl (C=O) groups is 2. The van der Waals surface area contributed by atoms with Gasteiger partial charge >= 0.3 is 19.8 Å². The van der Waals surface area contributed by atoms with Gasteiger partial charge in [-0.2, -0.15) is 15.2 Å². The molecule has 0 saturated carbocycles. The Morgan fingerprint density at radius 1 is 0.676 bits per heavy atom. The molecule has 5 aromatic carbocycles. The molecular formula is C51H53F2N6O12PS2. The number of ether oxygens (including phenoxy) is 5. The fourth-order valence-electron chi connectivity index (χ4n) is 7.09. The third kappa shape index (κ3) is 16.5. The first kappa shape index (κ1) is 55.8. The maximum absolute atomic E-state index is 14.5. The lowest BCUT2D eigenvalue weighted by Gasteiger charge is -2.22. The number of carbonyl (C=O) groups excluding carboxylic acids is 2.